The Morgan fingerprint density at radius 2 is 1.57 bits per heavy atom. The molecule has 0 radical (unpaired) electrons. The topological polar surface area (TPSA) is 294 Å². The maximum absolute atomic E-state index is 13.1. The summed E-state index contributed by atoms with van der Waals surface area (Å²) in [6.07, 6.45) is 10.4. The Kier molecular flexibility index (Phi) is 21.4. The molecule has 4 aromatic rings. The molecule has 6 N–H and O–H groups in total. The van der Waals surface area contributed by atoms with Crippen LogP contribution < -0.4 is 30.9 Å². The van der Waals surface area contributed by atoms with E-state index in [2.05, 4.69) is 54.1 Å². The van der Waals surface area contributed by atoms with Gasteiger partial charge in [-0.2, -0.15) is 0 Å². The van der Waals surface area contributed by atoms with Crippen molar-refractivity contribution in [3.8, 4) is 0 Å². The molecule has 2 aromatic carbocycles. The number of carbonyl (C=O) groups excluding carboxylic acids is 6. The largest absolute Gasteiger partial charge is 0.457 e. The number of cyclic esters (lactones) is 1. The molecule has 2 saturated heterocycles. The van der Waals surface area contributed by atoms with Crippen LogP contribution in [-0.4, -0.2) is 133 Å². The molecule has 2 fully saturated rings. The number of benzene rings is 2. The predicted molar refractivity (Wildman–Crippen MR) is 304 cm³/mol. The number of rotatable bonds is 13. The van der Waals surface area contributed by atoms with Crippen LogP contribution in [0.4, 0.5) is 0 Å². The van der Waals surface area contributed by atoms with E-state index in [1.165, 1.54) is 36.0 Å². The fourth-order valence-electron chi connectivity index (χ4n) is 9.06. The summed E-state index contributed by atoms with van der Waals surface area (Å²) in [5.74, 6) is -4.54. The van der Waals surface area contributed by atoms with E-state index in [0.29, 0.717) is 44.5 Å². The summed E-state index contributed by atoms with van der Waals surface area (Å²) in [4.78, 5) is 86.8. The van der Waals surface area contributed by atoms with Crippen LogP contribution in [0.5, 0.6) is 0 Å². The fourth-order valence-corrected chi connectivity index (χ4v) is 11.4. The molecule has 2 aromatic heterocycles. The van der Waals surface area contributed by atoms with Gasteiger partial charge in [0, 0.05) is 36.3 Å². The van der Waals surface area contributed by atoms with Crippen molar-refractivity contribution in [1.29, 1.82) is 0 Å². The number of fused-ring (bicyclic) bond motifs is 5. The van der Waals surface area contributed by atoms with Crippen molar-refractivity contribution in [3.05, 3.63) is 109 Å². The Morgan fingerprint density at radius 3 is 2.26 bits per heavy atom. The summed E-state index contributed by atoms with van der Waals surface area (Å²) in [7, 11) is -7.62. The molecule has 5 bridgehead atoms. The number of hydrogen-bond acceptors (Lipinski definition) is 16. The first-order chi connectivity index (χ1) is 37.8. The van der Waals surface area contributed by atoms with E-state index in [-0.39, 0.29) is 23.3 Å². The maximum atomic E-state index is 13.1. The van der Waals surface area contributed by atoms with Crippen LogP contribution in [0.25, 0.3) is 33.7 Å². The summed E-state index contributed by atoms with van der Waals surface area (Å²) in [6, 6.07) is 9.59. The third-order valence-corrected chi connectivity index (χ3v) is 16.2. The Hall–Kier alpha value is -6.96. The molecule has 0 spiro atoms. The lowest BCUT2D eigenvalue weighted by Crippen LogP contribution is -2.61. The van der Waals surface area contributed by atoms with E-state index in [0.717, 1.165) is 38.4 Å². The highest BCUT2D eigenvalue weighted by atomic mass is 32.2. The molecule has 3 aliphatic rings. The molecule has 8 atom stereocenters. The standard InChI is InChI=1S/C29H39N5O6S.C27H35N5O6S/c1-7-14-41(38,39)33-26(18(3)4)27(35)31-19(5)28(36)34-13-9-10-25(32-34)29(37)40-20(6)21-11-12-22-17-30-24(8-2)16-23(22)15-21;1-16(2)24-25(33)29-17(3)26(34)32-11-5-8-23(30-32)27(35)38-18(4)19-9-10-20-15-28-22(14-21(20)13-19)7-6-12-39(36,37)31-24/h7-8,11-12,15-20,25-26,32-33H,1-2,9-10,13-14H2,3-6H3,(H,31,35);6-7,9-10,13-18,23-24,30-31H,5,8,11-12H2,1-4H3,(H,29,33)/b;7-6+/t19-,20+,25-,26-;17-,18+,23-,24-/m00/s1. The zero-order valence-electron chi connectivity index (χ0n) is 46.4. The number of pyridine rings is 2. The van der Waals surface area contributed by atoms with Crippen molar-refractivity contribution < 1.29 is 55.1 Å². The van der Waals surface area contributed by atoms with Gasteiger partial charge in [0.15, 0.2) is 0 Å². The van der Waals surface area contributed by atoms with Crippen molar-refractivity contribution in [2.75, 3.05) is 24.6 Å². The van der Waals surface area contributed by atoms with Crippen molar-refractivity contribution >= 4 is 89.3 Å². The van der Waals surface area contributed by atoms with Gasteiger partial charge in [-0.15, -0.1) is 6.58 Å². The number of sulfonamides is 2. The molecule has 3 aliphatic heterocycles. The molecule has 80 heavy (non-hydrogen) atoms. The van der Waals surface area contributed by atoms with E-state index < -0.39 is 104 Å². The SMILES string of the molecule is C=CCS(=O)(=O)N[C@H](C(=O)N[C@@H](C)C(=O)N1CCC[C@@H](C(=O)O[C@H](C)c2ccc3cnc(C=C)cc3c2)N1)C(C)C.CC(C)[C@@H]1NS(=O)(=O)C/C=C/c2cc3cc(ccc3cn2)[C@@H](C)OC(=O)[C@@H]2CCCN(N2)C(=O)[C@H](C)NC1=O. The summed E-state index contributed by atoms with van der Waals surface area (Å²) < 4.78 is 66.3. The summed E-state index contributed by atoms with van der Waals surface area (Å²) in [6.45, 7) is 21.3. The van der Waals surface area contributed by atoms with Crippen LogP contribution in [-0.2, 0) is 58.3 Å². The van der Waals surface area contributed by atoms with Gasteiger partial charge in [0.1, 0.15) is 48.5 Å². The average Bonchev–Trinajstić information content (AvgIpc) is 3.46. The average molecular weight is 1140 g/mol. The minimum atomic E-state index is -3.87. The van der Waals surface area contributed by atoms with Gasteiger partial charge < -0.3 is 20.1 Å². The number of hydrazine groups is 2. The van der Waals surface area contributed by atoms with Gasteiger partial charge in [0.25, 0.3) is 11.8 Å². The number of carbonyl (C=O) groups is 6. The second-order valence-electron chi connectivity index (χ2n) is 20.8. The van der Waals surface area contributed by atoms with E-state index >= 15 is 0 Å². The normalized spacial score (nSPS) is 22.7. The lowest BCUT2D eigenvalue weighted by atomic mass is 10.0. The zero-order chi connectivity index (χ0) is 58.6. The maximum Gasteiger partial charge on any atom is 0.325 e. The molecule has 0 saturated carbocycles. The number of esters is 2. The van der Waals surface area contributed by atoms with Gasteiger partial charge in [-0.1, -0.05) is 70.7 Å². The number of nitrogens with zero attached hydrogens (tertiary/aromatic N) is 4. The number of nitrogens with one attached hydrogen (secondary N) is 6. The first-order valence-corrected chi connectivity index (χ1v) is 29.9. The third-order valence-electron chi connectivity index (χ3n) is 13.7. The number of aromatic nitrogens is 2. The smallest absolute Gasteiger partial charge is 0.325 e. The Balaban J connectivity index is 0.000000258. The highest BCUT2D eigenvalue weighted by molar-refractivity contribution is 7.89. The summed E-state index contributed by atoms with van der Waals surface area (Å²) in [5.41, 5.74) is 8.77. The number of amides is 4. The summed E-state index contributed by atoms with van der Waals surface area (Å²) >= 11 is 0. The minimum absolute atomic E-state index is 0.333. The van der Waals surface area contributed by atoms with Crippen LogP contribution in [0.3, 0.4) is 0 Å². The van der Waals surface area contributed by atoms with Crippen LogP contribution in [0.1, 0.15) is 116 Å². The quantitative estimate of drug-likeness (QED) is 0.0798. The molecule has 4 amide bonds. The second kappa shape index (κ2) is 27.5. The van der Waals surface area contributed by atoms with Gasteiger partial charge in [-0.3, -0.25) is 48.8 Å². The zero-order valence-corrected chi connectivity index (χ0v) is 48.1. The van der Waals surface area contributed by atoms with E-state index in [1.807, 2.05) is 48.5 Å². The number of hydrogen-bond donors (Lipinski definition) is 6. The van der Waals surface area contributed by atoms with Gasteiger partial charge >= 0.3 is 11.9 Å². The minimum Gasteiger partial charge on any atom is -0.457 e. The Labute approximate surface area is 468 Å². The van der Waals surface area contributed by atoms with Crippen molar-refractivity contribution in [1.82, 2.24) is 50.9 Å². The number of ether oxygens (including phenoxy) is 2. The van der Waals surface area contributed by atoms with E-state index in [1.54, 1.807) is 66.1 Å². The fraction of sp³-hybridized carbons (Fsp3) is 0.464. The monoisotopic (exact) mass is 1140 g/mol. The van der Waals surface area contributed by atoms with E-state index in [9.17, 15) is 45.6 Å². The molecular formula is C56H74N10O12S2. The molecule has 0 unspecified atom stereocenters. The first kappa shape index (κ1) is 62.2. The molecule has 0 aliphatic carbocycles. The van der Waals surface area contributed by atoms with Crippen LogP contribution >= 0.6 is 0 Å². The van der Waals surface area contributed by atoms with E-state index in [4.69, 9.17) is 9.47 Å². The third kappa shape index (κ3) is 16.8. The molecule has 24 heteroatoms. The van der Waals surface area contributed by atoms with Gasteiger partial charge in [-0.05, 0) is 124 Å². The van der Waals surface area contributed by atoms with Crippen LogP contribution in [0.2, 0.25) is 0 Å². The first-order valence-electron chi connectivity index (χ1n) is 26.6. The second-order valence-corrected chi connectivity index (χ2v) is 24.4. The van der Waals surface area contributed by atoms with Crippen molar-refractivity contribution in [3.63, 3.8) is 0 Å². The van der Waals surface area contributed by atoms with Crippen molar-refractivity contribution in [2.45, 2.75) is 130 Å². The van der Waals surface area contributed by atoms with Gasteiger partial charge in [0.05, 0.1) is 22.9 Å². The molecule has 22 nitrogen and oxygen atoms in total. The van der Waals surface area contributed by atoms with Gasteiger partial charge in [-0.25, -0.2) is 37.1 Å². The van der Waals surface area contributed by atoms with Crippen LogP contribution in [0.15, 0.2) is 86.2 Å². The Bertz CT molecular complexity index is 3230. The van der Waals surface area contributed by atoms with Crippen LogP contribution in [0, 0.1) is 11.8 Å². The van der Waals surface area contributed by atoms with Gasteiger partial charge in [0.2, 0.25) is 31.9 Å². The molecule has 5 heterocycles. The summed E-state index contributed by atoms with van der Waals surface area (Å²) in [5, 5.41) is 11.5. The molecule has 432 valence electrons. The molecular weight excluding hydrogens is 1070 g/mol. The lowest BCUT2D eigenvalue weighted by Gasteiger charge is -2.35. The van der Waals surface area contributed by atoms with Crippen molar-refractivity contribution in [2.24, 2.45) is 11.8 Å². The highest BCUT2D eigenvalue weighted by Crippen LogP contribution is 2.27. The lowest BCUT2D eigenvalue weighted by molar-refractivity contribution is -0.158. The predicted octanol–water partition coefficient (Wildman–Crippen LogP) is 4.42. The Morgan fingerprint density at radius 1 is 0.887 bits per heavy atom. The highest BCUT2D eigenvalue weighted by Gasteiger charge is 2.36. The molecule has 7 rings (SSSR count).